The second kappa shape index (κ2) is 10.1. The van der Waals surface area contributed by atoms with E-state index in [2.05, 4.69) is 10.6 Å². The SMILES string of the molecule is N#CC(C(=O)Nc1ccccc1)=C(Nc1ccccc1)SCc1ccccc1F. The first kappa shape index (κ1) is 20.2. The Kier molecular flexibility index (Phi) is 7.04. The summed E-state index contributed by atoms with van der Waals surface area (Å²) in [5.41, 5.74) is 1.73. The van der Waals surface area contributed by atoms with Gasteiger partial charge in [0.1, 0.15) is 17.5 Å². The Morgan fingerprint density at radius 3 is 2.00 bits per heavy atom. The number of benzene rings is 3. The number of carbonyl (C=O) groups is 1. The minimum atomic E-state index is -0.529. The van der Waals surface area contributed by atoms with Crippen LogP contribution in [0.4, 0.5) is 15.8 Å². The zero-order chi connectivity index (χ0) is 20.5. The van der Waals surface area contributed by atoms with Crippen LogP contribution >= 0.6 is 11.8 Å². The highest BCUT2D eigenvalue weighted by Gasteiger charge is 2.17. The van der Waals surface area contributed by atoms with Crippen molar-refractivity contribution in [2.24, 2.45) is 0 Å². The summed E-state index contributed by atoms with van der Waals surface area (Å²) in [6.07, 6.45) is 0. The average Bonchev–Trinajstić information content (AvgIpc) is 2.75. The van der Waals surface area contributed by atoms with Gasteiger partial charge < -0.3 is 10.6 Å². The van der Waals surface area contributed by atoms with Crippen molar-refractivity contribution in [3.63, 3.8) is 0 Å². The Bertz CT molecular complexity index is 1050. The molecule has 6 heteroatoms. The lowest BCUT2D eigenvalue weighted by molar-refractivity contribution is -0.112. The number of hydrogen-bond donors (Lipinski definition) is 2. The zero-order valence-corrected chi connectivity index (χ0v) is 16.2. The third-order valence-corrected chi connectivity index (χ3v) is 5.01. The van der Waals surface area contributed by atoms with Gasteiger partial charge in [-0.25, -0.2) is 4.39 Å². The number of nitrogens with one attached hydrogen (secondary N) is 2. The Morgan fingerprint density at radius 2 is 1.41 bits per heavy atom. The van der Waals surface area contributed by atoms with Gasteiger partial charge in [-0.3, -0.25) is 4.79 Å². The van der Waals surface area contributed by atoms with Crippen LogP contribution in [0.25, 0.3) is 0 Å². The third-order valence-electron chi connectivity index (χ3n) is 3.96. The van der Waals surface area contributed by atoms with Crippen LogP contribution in [0.2, 0.25) is 0 Å². The summed E-state index contributed by atoms with van der Waals surface area (Å²) in [6, 6.07) is 26.5. The summed E-state index contributed by atoms with van der Waals surface area (Å²) < 4.78 is 14.0. The maximum Gasteiger partial charge on any atom is 0.269 e. The summed E-state index contributed by atoms with van der Waals surface area (Å²) in [5, 5.41) is 15.9. The molecule has 0 atom stereocenters. The molecule has 0 unspecified atom stereocenters. The van der Waals surface area contributed by atoms with E-state index in [4.69, 9.17) is 0 Å². The summed E-state index contributed by atoms with van der Waals surface area (Å²) in [4.78, 5) is 12.7. The molecule has 0 aromatic heterocycles. The van der Waals surface area contributed by atoms with Crippen molar-refractivity contribution in [3.05, 3.63) is 107 Å². The van der Waals surface area contributed by atoms with Crippen molar-refractivity contribution in [1.82, 2.24) is 0 Å². The second-order valence-corrected chi connectivity index (χ2v) is 6.99. The van der Waals surface area contributed by atoms with Crippen LogP contribution in [-0.2, 0) is 10.5 Å². The number of halogens is 1. The van der Waals surface area contributed by atoms with Gasteiger partial charge in [-0.2, -0.15) is 5.26 Å². The number of amides is 1. The molecular weight excluding hydrogens is 385 g/mol. The quantitative estimate of drug-likeness (QED) is 0.401. The molecule has 0 fully saturated rings. The molecule has 3 rings (SSSR count). The molecule has 0 saturated carbocycles. The maximum absolute atomic E-state index is 14.0. The summed E-state index contributed by atoms with van der Waals surface area (Å²) in [7, 11) is 0. The van der Waals surface area contributed by atoms with Gasteiger partial charge >= 0.3 is 0 Å². The number of rotatable bonds is 7. The van der Waals surface area contributed by atoms with Gasteiger partial charge in [-0.15, -0.1) is 11.8 Å². The molecule has 0 aliphatic carbocycles. The molecule has 144 valence electrons. The Morgan fingerprint density at radius 1 is 0.862 bits per heavy atom. The van der Waals surface area contributed by atoms with E-state index < -0.39 is 5.91 Å². The molecule has 0 heterocycles. The van der Waals surface area contributed by atoms with Crippen LogP contribution in [0.5, 0.6) is 0 Å². The molecule has 29 heavy (non-hydrogen) atoms. The van der Waals surface area contributed by atoms with Crippen molar-refractivity contribution in [2.75, 3.05) is 10.6 Å². The van der Waals surface area contributed by atoms with Gasteiger partial charge in [0, 0.05) is 17.1 Å². The average molecular weight is 403 g/mol. The number of carbonyl (C=O) groups excluding carboxylic acids is 1. The lowest BCUT2D eigenvalue weighted by atomic mass is 10.2. The van der Waals surface area contributed by atoms with Gasteiger partial charge in [0.05, 0.1) is 5.03 Å². The summed E-state index contributed by atoms with van der Waals surface area (Å²) in [6.45, 7) is 0. The third kappa shape index (κ3) is 5.71. The highest BCUT2D eigenvalue weighted by Crippen LogP contribution is 2.27. The molecule has 3 aromatic carbocycles. The predicted molar refractivity (Wildman–Crippen MR) is 115 cm³/mol. The fourth-order valence-electron chi connectivity index (χ4n) is 2.51. The Hall–Kier alpha value is -3.56. The molecule has 4 nitrogen and oxygen atoms in total. The van der Waals surface area contributed by atoms with Crippen molar-refractivity contribution in [3.8, 4) is 6.07 Å². The number of nitriles is 1. The van der Waals surface area contributed by atoms with E-state index in [1.807, 2.05) is 42.5 Å². The van der Waals surface area contributed by atoms with Crippen LogP contribution in [-0.4, -0.2) is 5.91 Å². The van der Waals surface area contributed by atoms with Crippen LogP contribution in [0.15, 0.2) is 95.5 Å². The van der Waals surface area contributed by atoms with E-state index in [-0.39, 0.29) is 17.1 Å². The highest BCUT2D eigenvalue weighted by molar-refractivity contribution is 8.02. The summed E-state index contributed by atoms with van der Waals surface area (Å²) in [5.74, 6) is -0.587. The molecule has 0 spiro atoms. The fourth-order valence-corrected chi connectivity index (χ4v) is 3.52. The van der Waals surface area contributed by atoms with Crippen LogP contribution in [0.3, 0.4) is 0 Å². The maximum atomic E-state index is 14.0. The van der Waals surface area contributed by atoms with Crippen LogP contribution < -0.4 is 10.6 Å². The first-order valence-electron chi connectivity index (χ1n) is 8.86. The first-order chi connectivity index (χ1) is 14.2. The topological polar surface area (TPSA) is 64.9 Å². The van der Waals surface area contributed by atoms with Gasteiger partial charge in [0.15, 0.2) is 0 Å². The van der Waals surface area contributed by atoms with Gasteiger partial charge in [-0.05, 0) is 35.9 Å². The zero-order valence-electron chi connectivity index (χ0n) is 15.4. The van der Waals surface area contributed by atoms with E-state index in [0.717, 1.165) is 5.69 Å². The van der Waals surface area contributed by atoms with Crippen molar-refractivity contribution < 1.29 is 9.18 Å². The monoisotopic (exact) mass is 403 g/mol. The van der Waals surface area contributed by atoms with Crippen LogP contribution in [0.1, 0.15) is 5.56 Å². The lowest BCUT2D eigenvalue weighted by Gasteiger charge is -2.14. The molecule has 2 N–H and O–H groups in total. The first-order valence-corrected chi connectivity index (χ1v) is 9.85. The van der Waals surface area contributed by atoms with E-state index >= 15 is 0 Å². The van der Waals surface area contributed by atoms with E-state index in [1.54, 1.807) is 42.5 Å². The van der Waals surface area contributed by atoms with Gasteiger partial charge in [-0.1, -0.05) is 54.6 Å². The molecule has 3 aromatic rings. The lowest BCUT2D eigenvalue weighted by Crippen LogP contribution is -2.17. The van der Waals surface area contributed by atoms with Crippen molar-refractivity contribution in [2.45, 2.75) is 5.75 Å². The number of anilines is 2. The normalized spacial score (nSPS) is 11.2. The minimum Gasteiger partial charge on any atom is -0.349 e. The van der Waals surface area contributed by atoms with Crippen molar-refractivity contribution in [1.29, 1.82) is 5.26 Å². The molecule has 0 saturated heterocycles. The van der Waals surface area contributed by atoms with Gasteiger partial charge in [0.2, 0.25) is 0 Å². The van der Waals surface area contributed by atoms with E-state index in [0.29, 0.717) is 16.3 Å². The van der Waals surface area contributed by atoms with E-state index in [9.17, 15) is 14.4 Å². The Balaban J connectivity index is 1.89. The predicted octanol–water partition coefficient (Wildman–Crippen LogP) is 5.54. The molecule has 0 aliphatic rings. The van der Waals surface area contributed by atoms with Gasteiger partial charge in [0.25, 0.3) is 5.91 Å². The largest absolute Gasteiger partial charge is 0.349 e. The Labute approximate surface area is 173 Å². The molecule has 1 amide bonds. The minimum absolute atomic E-state index is 0.0703. The number of thioether (sulfide) groups is 1. The fraction of sp³-hybridized carbons (Fsp3) is 0.0435. The molecule has 0 radical (unpaired) electrons. The van der Waals surface area contributed by atoms with Crippen LogP contribution in [0, 0.1) is 17.1 Å². The number of para-hydroxylation sites is 2. The number of hydrogen-bond acceptors (Lipinski definition) is 4. The number of nitrogens with zero attached hydrogens (tertiary/aromatic N) is 1. The second-order valence-electron chi connectivity index (χ2n) is 6.01. The highest BCUT2D eigenvalue weighted by atomic mass is 32.2. The summed E-state index contributed by atoms with van der Waals surface area (Å²) >= 11 is 1.20. The molecule has 0 bridgehead atoms. The molecular formula is C23H18FN3OS. The van der Waals surface area contributed by atoms with Crippen molar-refractivity contribution >= 4 is 29.0 Å². The van der Waals surface area contributed by atoms with E-state index in [1.165, 1.54) is 17.8 Å². The smallest absolute Gasteiger partial charge is 0.269 e. The molecule has 0 aliphatic heterocycles. The standard InChI is InChI=1S/C23H18FN3OS/c24-21-14-8-7-9-17(21)16-29-23(27-19-12-5-2-6-13-19)20(15-25)22(28)26-18-10-3-1-4-11-18/h1-14,27H,16H2,(H,26,28).